The van der Waals surface area contributed by atoms with Crippen LogP contribution in [0.1, 0.15) is 12.5 Å². The van der Waals surface area contributed by atoms with Gasteiger partial charge in [0.15, 0.2) is 0 Å². The highest BCUT2D eigenvalue weighted by Gasteiger charge is 2.20. The summed E-state index contributed by atoms with van der Waals surface area (Å²) in [7, 11) is 0. The van der Waals surface area contributed by atoms with Crippen molar-refractivity contribution in [1.29, 1.82) is 0 Å². The summed E-state index contributed by atoms with van der Waals surface area (Å²) < 4.78 is 5.70. The summed E-state index contributed by atoms with van der Waals surface area (Å²) in [5.74, 6) is 0.676. The van der Waals surface area contributed by atoms with E-state index in [-0.39, 0.29) is 18.2 Å². The Morgan fingerprint density at radius 3 is 2.12 bits per heavy atom. The Morgan fingerprint density at radius 1 is 0.885 bits per heavy atom. The van der Waals surface area contributed by atoms with Gasteiger partial charge in [0.25, 0.3) is 0 Å². The van der Waals surface area contributed by atoms with Crippen LogP contribution in [-0.4, -0.2) is 16.8 Å². The van der Waals surface area contributed by atoms with Gasteiger partial charge in [0, 0.05) is 19.3 Å². The Kier molecular flexibility index (Phi) is 5.39. The van der Waals surface area contributed by atoms with Crippen LogP contribution in [0.15, 0.2) is 79.1 Å². The molecule has 0 aliphatic carbocycles. The maximum absolute atomic E-state index is 12.6. The fraction of sp³-hybridized carbons (Fsp3) is 0.0952. The van der Waals surface area contributed by atoms with Crippen molar-refractivity contribution >= 4 is 17.5 Å². The summed E-state index contributed by atoms with van der Waals surface area (Å²) in [6.45, 7) is 1.38. The molecule has 26 heavy (non-hydrogen) atoms. The zero-order chi connectivity index (χ0) is 18.4. The second kappa shape index (κ2) is 8.07. The molecule has 3 rings (SSSR count). The lowest BCUT2D eigenvalue weighted by Gasteiger charge is -2.19. The van der Waals surface area contributed by atoms with Crippen LogP contribution in [0, 0.1) is 0 Å². The average Bonchev–Trinajstić information content (AvgIpc) is 2.65. The molecule has 0 aliphatic rings. The van der Waals surface area contributed by atoms with Crippen LogP contribution in [0.4, 0.5) is 5.69 Å². The van der Waals surface area contributed by atoms with Crippen LogP contribution in [0.5, 0.6) is 11.5 Å². The van der Waals surface area contributed by atoms with Crippen molar-refractivity contribution in [3.8, 4) is 11.5 Å². The molecule has 0 fully saturated rings. The van der Waals surface area contributed by atoms with Gasteiger partial charge in [-0.05, 0) is 42.0 Å². The highest BCUT2D eigenvalue weighted by molar-refractivity contribution is 6.14. The summed E-state index contributed by atoms with van der Waals surface area (Å²) in [5.41, 5.74) is 1.38. The molecule has 5 nitrogen and oxygen atoms in total. The van der Waals surface area contributed by atoms with E-state index >= 15 is 0 Å². The van der Waals surface area contributed by atoms with Gasteiger partial charge >= 0.3 is 0 Å². The minimum absolute atomic E-state index is 0.162. The molecule has 2 amide bonds. The first-order valence-corrected chi connectivity index (χ1v) is 8.19. The molecule has 1 aromatic heterocycles. The number of hydrogen-bond donors (Lipinski definition) is 0. The lowest BCUT2D eigenvalue weighted by Crippen LogP contribution is -2.36. The molecule has 5 heteroatoms. The lowest BCUT2D eigenvalue weighted by atomic mass is 10.1. The number of imide groups is 1. The topological polar surface area (TPSA) is 59.5 Å². The Morgan fingerprint density at radius 2 is 1.50 bits per heavy atom. The molecular weight excluding hydrogens is 328 g/mol. The Balaban J connectivity index is 1.75. The number of rotatable bonds is 5. The predicted molar refractivity (Wildman–Crippen MR) is 99.1 cm³/mol. The van der Waals surface area contributed by atoms with Crippen LogP contribution < -0.4 is 9.64 Å². The van der Waals surface area contributed by atoms with Gasteiger partial charge in [-0.3, -0.25) is 19.5 Å². The Bertz CT molecular complexity index is 878. The van der Waals surface area contributed by atoms with Crippen molar-refractivity contribution in [2.24, 2.45) is 0 Å². The third kappa shape index (κ3) is 4.33. The molecule has 130 valence electrons. The van der Waals surface area contributed by atoms with Gasteiger partial charge in [0.2, 0.25) is 11.8 Å². The summed E-state index contributed by atoms with van der Waals surface area (Å²) >= 11 is 0. The number of ether oxygens (including phenoxy) is 1. The van der Waals surface area contributed by atoms with Crippen molar-refractivity contribution in [3.05, 3.63) is 84.7 Å². The highest BCUT2D eigenvalue weighted by Crippen LogP contribution is 2.24. The number of aromatic nitrogens is 1. The van der Waals surface area contributed by atoms with Crippen molar-refractivity contribution in [2.45, 2.75) is 13.3 Å². The molecule has 2 aromatic carbocycles. The van der Waals surface area contributed by atoms with Crippen LogP contribution >= 0.6 is 0 Å². The van der Waals surface area contributed by atoms with E-state index in [9.17, 15) is 9.59 Å². The quantitative estimate of drug-likeness (QED) is 0.701. The van der Waals surface area contributed by atoms with Gasteiger partial charge < -0.3 is 4.74 Å². The van der Waals surface area contributed by atoms with E-state index in [1.807, 2.05) is 30.3 Å². The Hall–Kier alpha value is -3.47. The molecule has 0 atom stereocenters. The van der Waals surface area contributed by atoms with E-state index in [1.54, 1.807) is 48.8 Å². The SMILES string of the molecule is CC(=O)N(C(=O)Cc1ccccc1)c1ccc(Oc2ccncc2)cc1. The third-order valence-electron chi connectivity index (χ3n) is 3.74. The molecule has 0 radical (unpaired) electrons. The average molecular weight is 346 g/mol. The second-order valence-corrected chi connectivity index (χ2v) is 5.69. The van der Waals surface area contributed by atoms with E-state index in [2.05, 4.69) is 4.98 Å². The van der Waals surface area contributed by atoms with Crippen LogP contribution in [0.3, 0.4) is 0 Å². The van der Waals surface area contributed by atoms with Gasteiger partial charge in [0.1, 0.15) is 11.5 Å². The number of carbonyl (C=O) groups excluding carboxylic acids is 2. The minimum atomic E-state index is -0.325. The summed E-state index contributed by atoms with van der Waals surface area (Å²) in [6.07, 6.45) is 3.45. The van der Waals surface area contributed by atoms with Crippen molar-refractivity contribution in [3.63, 3.8) is 0 Å². The predicted octanol–water partition coefficient (Wildman–Crippen LogP) is 4.00. The van der Waals surface area contributed by atoms with Crippen LogP contribution in [0.25, 0.3) is 0 Å². The number of amides is 2. The van der Waals surface area contributed by atoms with Crippen LogP contribution in [-0.2, 0) is 16.0 Å². The largest absolute Gasteiger partial charge is 0.457 e. The number of hydrogen-bond acceptors (Lipinski definition) is 4. The van der Waals surface area contributed by atoms with E-state index in [0.717, 1.165) is 5.56 Å². The summed E-state index contributed by atoms with van der Waals surface area (Å²) in [4.78, 5) is 29.7. The van der Waals surface area contributed by atoms with E-state index in [0.29, 0.717) is 17.2 Å². The third-order valence-corrected chi connectivity index (χ3v) is 3.74. The zero-order valence-corrected chi connectivity index (χ0v) is 14.3. The van der Waals surface area contributed by atoms with Crippen molar-refractivity contribution < 1.29 is 14.3 Å². The lowest BCUT2D eigenvalue weighted by molar-refractivity contribution is -0.125. The first-order valence-electron chi connectivity index (χ1n) is 8.19. The van der Waals surface area contributed by atoms with Gasteiger partial charge in [-0.25, -0.2) is 0 Å². The molecule has 0 N–H and O–H groups in total. The highest BCUT2D eigenvalue weighted by atomic mass is 16.5. The van der Waals surface area contributed by atoms with E-state index in [1.165, 1.54) is 11.8 Å². The molecule has 0 aliphatic heterocycles. The fourth-order valence-electron chi connectivity index (χ4n) is 2.56. The Labute approximate surface area is 151 Å². The standard InChI is InChI=1S/C21H18N2O3/c1-16(24)23(21(25)15-17-5-3-2-4-6-17)18-7-9-19(10-8-18)26-20-11-13-22-14-12-20/h2-14H,15H2,1H3. The van der Waals surface area contributed by atoms with Gasteiger partial charge in [-0.1, -0.05) is 30.3 Å². The number of anilines is 1. The van der Waals surface area contributed by atoms with E-state index in [4.69, 9.17) is 4.74 Å². The monoisotopic (exact) mass is 346 g/mol. The van der Waals surface area contributed by atoms with Crippen molar-refractivity contribution in [2.75, 3.05) is 4.90 Å². The molecule has 0 saturated carbocycles. The molecule has 3 aromatic rings. The zero-order valence-electron chi connectivity index (χ0n) is 14.3. The summed E-state index contributed by atoms with van der Waals surface area (Å²) in [5, 5.41) is 0. The second-order valence-electron chi connectivity index (χ2n) is 5.69. The fourth-order valence-corrected chi connectivity index (χ4v) is 2.56. The molecule has 0 spiro atoms. The maximum atomic E-state index is 12.6. The normalized spacial score (nSPS) is 10.2. The molecule has 0 bridgehead atoms. The van der Waals surface area contributed by atoms with Gasteiger partial charge in [0.05, 0.1) is 12.1 Å². The number of pyridine rings is 1. The first kappa shape index (κ1) is 17.4. The number of carbonyl (C=O) groups is 2. The molecule has 0 saturated heterocycles. The number of nitrogens with zero attached hydrogens (tertiary/aromatic N) is 2. The van der Waals surface area contributed by atoms with Crippen LogP contribution in [0.2, 0.25) is 0 Å². The smallest absolute Gasteiger partial charge is 0.238 e. The minimum Gasteiger partial charge on any atom is -0.457 e. The van der Waals surface area contributed by atoms with Crippen molar-refractivity contribution in [1.82, 2.24) is 4.98 Å². The molecule has 1 heterocycles. The van der Waals surface area contributed by atoms with Gasteiger partial charge in [-0.2, -0.15) is 0 Å². The van der Waals surface area contributed by atoms with E-state index < -0.39 is 0 Å². The molecular formula is C21H18N2O3. The molecule has 0 unspecified atom stereocenters. The maximum Gasteiger partial charge on any atom is 0.238 e. The van der Waals surface area contributed by atoms with Gasteiger partial charge in [-0.15, -0.1) is 0 Å². The number of benzene rings is 2. The summed E-state index contributed by atoms with van der Waals surface area (Å²) in [6, 6.07) is 19.7. The first-order chi connectivity index (χ1) is 12.6.